The summed E-state index contributed by atoms with van der Waals surface area (Å²) in [6, 6.07) is 9.20. The Morgan fingerprint density at radius 1 is 1.18 bits per heavy atom. The van der Waals surface area contributed by atoms with E-state index in [1.54, 1.807) is 19.1 Å². The van der Waals surface area contributed by atoms with Crippen LogP contribution in [0.5, 0.6) is 0 Å². The lowest BCUT2D eigenvalue weighted by Crippen LogP contribution is -2.14. The van der Waals surface area contributed by atoms with Crippen molar-refractivity contribution < 1.29 is 23.5 Å². The first-order valence-corrected chi connectivity index (χ1v) is 9.53. The van der Waals surface area contributed by atoms with Gasteiger partial charge in [-0.15, -0.1) is 11.3 Å². The number of aryl methyl sites for hydroxylation is 1. The van der Waals surface area contributed by atoms with Crippen LogP contribution in [0.25, 0.3) is 0 Å². The van der Waals surface area contributed by atoms with Crippen LogP contribution in [-0.4, -0.2) is 24.3 Å². The molecule has 0 saturated heterocycles. The van der Waals surface area contributed by atoms with Crippen LogP contribution in [-0.2, 0) is 4.74 Å². The second-order valence-corrected chi connectivity index (χ2v) is 7.57. The summed E-state index contributed by atoms with van der Waals surface area (Å²) in [5, 5.41) is 3.69. The molecule has 1 aromatic carbocycles. The van der Waals surface area contributed by atoms with Crippen molar-refractivity contribution in [2.75, 3.05) is 11.9 Å². The highest BCUT2D eigenvalue weighted by atomic mass is 35.5. The molecule has 2 heterocycles. The van der Waals surface area contributed by atoms with Crippen molar-refractivity contribution >= 4 is 57.2 Å². The van der Waals surface area contributed by atoms with Gasteiger partial charge >= 0.3 is 5.97 Å². The largest absolute Gasteiger partial charge is 0.459 e. The Morgan fingerprint density at radius 2 is 1.96 bits per heavy atom. The van der Waals surface area contributed by atoms with Gasteiger partial charge in [0.1, 0.15) is 4.88 Å². The number of hydrogen-bond acceptors (Lipinski definition) is 6. The molecule has 0 spiro atoms. The van der Waals surface area contributed by atoms with Crippen LogP contribution in [0.4, 0.5) is 5.00 Å². The van der Waals surface area contributed by atoms with Gasteiger partial charge in [-0.1, -0.05) is 23.2 Å². The van der Waals surface area contributed by atoms with E-state index in [2.05, 4.69) is 5.32 Å². The molecule has 0 fully saturated rings. The third-order valence-electron chi connectivity index (χ3n) is 3.65. The van der Waals surface area contributed by atoms with Gasteiger partial charge in [0.25, 0.3) is 5.91 Å². The predicted octanol–water partition coefficient (Wildman–Crippen LogP) is 5.25. The summed E-state index contributed by atoms with van der Waals surface area (Å²) in [7, 11) is 0. The Kier molecular flexibility index (Phi) is 6.18. The topological polar surface area (TPSA) is 85.6 Å². The van der Waals surface area contributed by atoms with E-state index in [9.17, 15) is 14.4 Å². The summed E-state index contributed by atoms with van der Waals surface area (Å²) in [4.78, 5) is 36.8. The highest BCUT2D eigenvalue weighted by Gasteiger charge is 2.19. The van der Waals surface area contributed by atoms with Crippen LogP contribution < -0.4 is 5.32 Å². The molecule has 144 valence electrons. The number of nitrogens with one attached hydrogen (secondary N) is 1. The molecule has 3 aromatic rings. The number of hydrogen-bond donors (Lipinski definition) is 1. The minimum atomic E-state index is -0.667. The lowest BCUT2D eigenvalue weighted by atomic mass is 10.1. The second kappa shape index (κ2) is 8.60. The maximum atomic E-state index is 12.3. The van der Waals surface area contributed by atoms with E-state index >= 15 is 0 Å². The molecule has 1 N–H and O–H groups in total. The van der Waals surface area contributed by atoms with Crippen LogP contribution in [0.1, 0.15) is 36.1 Å². The highest BCUT2D eigenvalue weighted by molar-refractivity contribution is 7.18. The number of thiophene rings is 1. The molecule has 0 aliphatic heterocycles. The zero-order chi connectivity index (χ0) is 20.3. The molecule has 9 heteroatoms. The summed E-state index contributed by atoms with van der Waals surface area (Å²) in [6.45, 7) is 1.24. The van der Waals surface area contributed by atoms with Crippen LogP contribution in [0.2, 0.25) is 10.0 Å². The van der Waals surface area contributed by atoms with Crippen LogP contribution in [0.3, 0.4) is 0 Å². The summed E-state index contributed by atoms with van der Waals surface area (Å²) < 4.78 is 10.1. The highest BCUT2D eigenvalue weighted by Crippen LogP contribution is 2.28. The summed E-state index contributed by atoms with van der Waals surface area (Å²) >= 11 is 12.8. The molecule has 0 saturated carbocycles. The zero-order valence-corrected chi connectivity index (χ0v) is 16.8. The third-order valence-corrected chi connectivity index (χ3v) is 5.33. The molecule has 0 unspecified atom stereocenters. The Bertz CT molecular complexity index is 1040. The first kappa shape index (κ1) is 20.1. The van der Waals surface area contributed by atoms with E-state index in [-0.39, 0.29) is 21.2 Å². The van der Waals surface area contributed by atoms with E-state index in [1.165, 1.54) is 30.5 Å². The number of esters is 1. The summed E-state index contributed by atoms with van der Waals surface area (Å²) in [6.07, 6.45) is 1.39. The van der Waals surface area contributed by atoms with Crippen molar-refractivity contribution in [1.82, 2.24) is 0 Å². The van der Waals surface area contributed by atoms with Gasteiger partial charge in [-0.05, 0) is 48.9 Å². The lowest BCUT2D eigenvalue weighted by molar-refractivity contribution is 0.0479. The Balaban J connectivity index is 1.63. The quantitative estimate of drug-likeness (QED) is 0.420. The molecule has 0 atom stereocenters. The van der Waals surface area contributed by atoms with E-state index in [0.29, 0.717) is 15.6 Å². The second-order valence-electron chi connectivity index (χ2n) is 5.68. The number of Topliss-reactive ketones (excluding diaryl/α,β-unsaturated/α-hetero) is 1. The number of ether oxygens (including phenoxy) is 1. The third kappa shape index (κ3) is 4.62. The fourth-order valence-electron chi connectivity index (χ4n) is 2.32. The minimum absolute atomic E-state index is 0.153. The van der Waals surface area contributed by atoms with E-state index < -0.39 is 24.3 Å². The van der Waals surface area contributed by atoms with Crippen molar-refractivity contribution in [2.24, 2.45) is 0 Å². The van der Waals surface area contributed by atoms with E-state index in [4.69, 9.17) is 32.4 Å². The molecule has 28 heavy (non-hydrogen) atoms. The van der Waals surface area contributed by atoms with Gasteiger partial charge in [-0.25, -0.2) is 4.79 Å². The number of furan rings is 1. The van der Waals surface area contributed by atoms with Crippen molar-refractivity contribution in [3.05, 3.63) is 74.5 Å². The SMILES string of the molecule is Cc1cc(NC(=O)c2ccco2)sc1C(=O)OCC(=O)c1ccc(Cl)cc1Cl. The number of amides is 1. The standard InChI is InChI=1S/C19H13Cl2NO5S/c1-10-7-16(22-18(24)15-3-2-6-26-15)28-17(10)19(25)27-9-14(23)12-5-4-11(20)8-13(12)21/h2-8H,9H2,1H3,(H,22,24). The summed E-state index contributed by atoms with van der Waals surface area (Å²) in [5.74, 6) is -1.39. The molecule has 3 rings (SSSR count). The summed E-state index contributed by atoms with van der Waals surface area (Å²) in [5.41, 5.74) is 0.829. The maximum Gasteiger partial charge on any atom is 0.349 e. The monoisotopic (exact) mass is 437 g/mol. The lowest BCUT2D eigenvalue weighted by Gasteiger charge is -2.05. The van der Waals surface area contributed by atoms with Crippen molar-refractivity contribution in [3.63, 3.8) is 0 Å². The molecule has 0 bridgehead atoms. The van der Waals surface area contributed by atoms with Gasteiger partial charge in [0.2, 0.25) is 5.78 Å². The average Bonchev–Trinajstić information content (AvgIpc) is 3.29. The van der Waals surface area contributed by atoms with Gasteiger partial charge in [0.05, 0.1) is 16.3 Å². The fourth-order valence-corrected chi connectivity index (χ4v) is 3.79. The number of anilines is 1. The molecule has 0 radical (unpaired) electrons. The predicted molar refractivity (Wildman–Crippen MR) is 107 cm³/mol. The van der Waals surface area contributed by atoms with Gasteiger partial charge in [0, 0.05) is 10.6 Å². The van der Waals surface area contributed by atoms with Gasteiger partial charge in [-0.2, -0.15) is 0 Å². The molecule has 0 aliphatic carbocycles. The molecule has 1 amide bonds. The zero-order valence-electron chi connectivity index (χ0n) is 14.5. The maximum absolute atomic E-state index is 12.3. The number of carbonyl (C=O) groups excluding carboxylic acids is 3. The number of ketones is 1. The van der Waals surface area contributed by atoms with Gasteiger partial charge in [0.15, 0.2) is 12.4 Å². The molecule has 2 aromatic heterocycles. The van der Waals surface area contributed by atoms with Gasteiger partial charge in [-0.3, -0.25) is 9.59 Å². The van der Waals surface area contributed by atoms with Crippen LogP contribution in [0, 0.1) is 6.92 Å². The van der Waals surface area contributed by atoms with Crippen molar-refractivity contribution in [2.45, 2.75) is 6.92 Å². The normalized spacial score (nSPS) is 10.5. The Morgan fingerprint density at radius 3 is 2.64 bits per heavy atom. The average molecular weight is 438 g/mol. The van der Waals surface area contributed by atoms with Crippen molar-refractivity contribution in [1.29, 1.82) is 0 Å². The number of rotatable bonds is 6. The minimum Gasteiger partial charge on any atom is -0.459 e. The van der Waals surface area contributed by atoms with E-state index in [1.807, 2.05) is 0 Å². The smallest absolute Gasteiger partial charge is 0.349 e. The molecule has 6 nitrogen and oxygen atoms in total. The van der Waals surface area contributed by atoms with E-state index in [0.717, 1.165) is 11.3 Å². The fraction of sp³-hybridized carbons (Fsp3) is 0.105. The Hall–Kier alpha value is -2.61. The first-order valence-electron chi connectivity index (χ1n) is 7.96. The molecular formula is C19H13Cl2NO5S. The number of carbonyl (C=O) groups is 3. The molecule has 0 aliphatic rings. The van der Waals surface area contributed by atoms with Crippen molar-refractivity contribution in [3.8, 4) is 0 Å². The molecular weight excluding hydrogens is 425 g/mol. The first-order chi connectivity index (χ1) is 13.3. The Labute approximate surface area is 174 Å². The van der Waals surface area contributed by atoms with Crippen LogP contribution >= 0.6 is 34.5 Å². The van der Waals surface area contributed by atoms with Crippen LogP contribution in [0.15, 0.2) is 47.1 Å². The van der Waals surface area contributed by atoms with Gasteiger partial charge < -0.3 is 14.5 Å². The number of benzene rings is 1. The number of halogens is 2.